The van der Waals surface area contributed by atoms with Crippen LogP contribution in [-0.2, 0) is 0 Å². The van der Waals surface area contributed by atoms with Crippen LogP contribution < -0.4 is 29.7 Å². The first-order valence-corrected chi connectivity index (χ1v) is 10.9. The highest BCUT2D eigenvalue weighted by atomic mass is 16.5. The fourth-order valence-corrected chi connectivity index (χ4v) is 3.66. The summed E-state index contributed by atoms with van der Waals surface area (Å²) >= 11 is 0. The minimum atomic E-state index is 0.524. The summed E-state index contributed by atoms with van der Waals surface area (Å²) in [4.78, 5) is 7.19. The van der Waals surface area contributed by atoms with Gasteiger partial charge in [-0.3, -0.25) is 4.99 Å². The summed E-state index contributed by atoms with van der Waals surface area (Å²) in [5.41, 5.74) is 1.16. The van der Waals surface area contributed by atoms with Gasteiger partial charge in [0.1, 0.15) is 23.9 Å². The molecule has 0 aliphatic carbocycles. The molecule has 1 aliphatic heterocycles. The maximum Gasteiger partial charge on any atom is 0.191 e. The Morgan fingerprint density at radius 3 is 2.55 bits per heavy atom. The number of para-hydroxylation sites is 2. The fraction of sp³-hybridized carbons (Fsp3) is 0.458. The van der Waals surface area contributed by atoms with Gasteiger partial charge in [0.15, 0.2) is 5.96 Å². The number of aliphatic imine (C=N–C) groups is 1. The smallest absolute Gasteiger partial charge is 0.191 e. The van der Waals surface area contributed by atoms with E-state index < -0.39 is 0 Å². The SMILES string of the molecule is CCNC(=NCC1CCN(c2ccccc2OC)C1)NCCOc1ccc(OC)cc1. The molecule has 0 bridgehead atoms. The van der Waals surface area contributed by atoms with Gasteiger partial charge in [-0.2, -0.15) is 0 Å². The minimum Gasteiger partial charge on any atom is -0.497 e. The predicted octanol–water partition coefficient (Wildman–Crippen LogP) is 3.16. The van der Waals surface area contributed by atoms with E-state index in [1.54, 1.807) is 14.2 Å². The lowest BCUT2D eigenvalue weighted by Crippen LogP contribution is -2.39. The van der Waals surface area contributed by atoms with Crippen LogP contribution in [-0.4, -0.2) is 59.5 Å². The van der Waals surface area contributed by atoms with E-state index in [-0.39, 0.29) is 0 Å². The molecule has 0 saturated carbocycles. The molecule has 1 atom stereocenters. The van der Waals surface area contributed by atoms with Gasteiger partial charge < -0.3 is 29.7 Å². The molecule has 0 amide bonds. The van der Waals surface area contributed by atoms with E-state index in [0.717, 1.165) is 61.5 Å². The van der Waals surface area contributed by atoms with Crippen LogP contribution in [0.4, 0.5) is 5.69 Å². The van der Waals surface area contributed by atoms with E-state index in [2.05, 4.69) is 34.6 Å². The van der Waals surface area contributed by atoms with E-state index in [9.17, 15) is 0 Å². The van der Waals surface area contributed by atoms with Crippen LogP contribution in [0, 0.1) is 5.92 Å². The Morgan fingerprint density at radius 2 is 1.81 bits per heavy atom. The molecule has 0 spiro atoms. The molecule has 1 aliphatic rings. The first kappa shape index (κ1) is 22.6. The van der Waals surface area contributed by atoms with Gasteiger partial charge in [-0.1, -0.05) is 12.1 Å². The highest BCUT2D eigenvalue weighted by molar-refractivity contribution is 5.79. The highest BCUT2D eigenvalue weighted by Gasteiger charge is 2.24. The van der Waals surface area contributed by atoms with Crippen LogP contribution in [0.2, 0.25) is 0 Å². The zero-order valence-electron chi connectivity index (χ0n) is 18.8. The minimum absolute atomic E-state index is 0.524. The second-order valence-corrected chi connectivity index (χ2v) is 7.44. The number of hydrogen-bond donors (Lipinski definition) is 2. The van der Waals surface area contributed by atoms with E-state index in [0.29, 0.717) is 19.1 Å². The number of ether oxygens (including phenoxy) is 3. The first-order valence-electron chi connectivity index (χ1n) is 10.9. The van der Waals surface area contributed by atoms with Crippen molar-refractivity contribution in [3.05, 3.63) is 48.5 Å². The number of benzene rings is 2. The van der Waals surface area contributed by atoms with Gasteiger partial charge in [0.05, 0.1) is 26.5 Å². The van der Waals surface area contributed by atoms with Crippen molar-refractivity contribution in [2.24, 2.45) is 10.9 Å². The number of methoxy groups -OCH3 is 2. The summed E-state index contributed by atoms with van der Waals surface area (Å²) < 4.78 is 16.5. The third kappa shape index (κ3) is 6.70. The number of guanidine groups is 1. The molecule has 2 aromatic rings. The first-order chi connectivity index (χ1) is 15.2. The topological polar surface area (TPSA) is 67.4 Å². The predicted molar refractivity (Wildman–Crippen MR) is 126 cm³/mol. The van der Waals surface area contributed by atoms with Gasteiger partial charge in [0.25, 0.3) is 0 Å². The van der Waals surface area contributed by atoms with E-state index in [4.69, 9.17) is 19.2 Å². The molecule has 7 nitrogen and oxygen atoms in total. The van der Waals surface area contributed by atoms with Crippen molar-refractivity contribution in [3.8, 4) is 17.2 Å². The molecule has 168 valence electrons. The molecule has 31 heavy (non-hydrogen) atoms. The molecule has 7 heteroatoms. The van der Waals surface area contributed by atoms with Gasteiger partial charge in [-0.25, -0.2) is 0 Å². The number of nitrogens with one attached hydrogen (secondary N) is 2. The summed E-state index contributed by atoms with van der Waals surface area (Å²) in [6, 6.07) is 15.8. The molecule has 1 fully saturated rings. The lowest BCUT2D eigenvalue weighted by atomic mass is 10.1. The monoisotopic (exact) mass is 426 g/mol. The Kier molecular flexibility index (Phi) is 8.70. The van der Waals surface area contributed by atoms with Crippen molar-refractivity contribution in [1.82, 2.24) is 10.6 Å². The number of anilines is 1. The largest absolute Gasteiger partial charge is 0.497 e. The molecule has 1 saturated heterocycles. The third-order valence-electron chi connectivity index (χ3n) is 5.29. The van der Waals surface area contributed by atoms with Gasteiger partial charge in [-0.15, -0.1) is 0 Å². The zero-order chi connectivity index (χ0) is 21.9. The van der Waals surface area contributed by atoms with E-state index in [1.165, 1.54) is 0 Å². The molecular formula is C24H34N4O3. The average molecular weight is 427 g/mol. The van der Waals surface area contributed by atoms with Crippen LogP contribution in [0.1, 0.15) is 13.3 Å². The summed E-state index contributed by atoms with van der Waals surface area (Å²) in [5.74, 6) is 3.93. The Labute approximate surface area is 185 Å². The number of hydrogen-bond acceptors (Lipinski definition) is 5. The quantitative estimate of drug-likeness (QED) is 0.346. The lowest BCUT2D eigenvalue weighted by Gasteiger charge is -2.21. The Morgan fingerprint density at radius 1 is 1.03 bits per heavy atom. The number of nitrogens with zero attached hydrogens (tertiary/aromatic N) is 2. The molecular weight excluding hydrogens is 392 g/mol. The molecule has 0 radical (unpaired) electrons. The van der Waals surface area contributed by atoms with Crippen molar-refractivity contribution in [2.75, 3.05) is 58.5 Å². The van der Waals surface area contributed by atoms with E-state index >= 15 is 0 Å². The maximum atomic E-state index is 5.78. The summed E-state index contributed by atoms with van der Waals surface area (Å²) in [5, 5.41) is 6.67. The van der Waals surface area contributed by atoms with Gasteiger partial charge in [0.2, 0.25) is 0 Å². The molecule has 0 aromatic heterocycles. The second kappa shape index (κ2) is 11.9. The highest BCUT2D eigenvalue weighted by Crippen LogP contribution is 2.31. The van der Waals surface area contributed by atoms with Gasteiger partial charge >= 0.3 is 0 Å². The Bertz CT molecular complexity index is 826. The van der Waals surface area contributed by atoms with Crippen LogP contribution in [0.25, 0.3) is 0 Å². The van der Waals surface area contributed by atoms with Gasteiger partial charge in [0, 0.05) is 26.2 Å². The van der Waals surface area contributed by atoms with Crippen LogP contribution in [0.3, 0.4) is 0 Å². The van der Waals surface area contributed by atoms with Gasteiger partial charge in [-0.05, 0) is 55.7 Å². The molecule has 2 aromatic carbocycles. The second-order valence-electron chi connectivity index (χ2n) is 7.44. The van der Waals surface area contributed by atoms with Crippen LogP contribution in [0.5, 0.6) is 17.2 Å². The fourth-order valence-electron chi connectivity index (χ4n) is 3.66. The zero-order valence-corrected chi connectivity index (χ0v) is 18.8. The molecule has 1 unspecified atom stereocenters. The summed E-state index contributed by atoms with van der Waals surface area (Å²) in [7, 11) is 3.38. The normalized spacial score (nSPS) is 16.2. The lowest BCUT2D eigenvalue weighted by molar-refractivity contribution is 0.321. The van der Waals surface area contributed by atoms with Crippen LogP contribution >= 0.6 is 0 Å². The van der Waals surface area contributed by atoms with Crippen molar-refractivity contribution >= 4 is 11.6 Å². The Balaban J connectivity index is 1.44. The third-order valence-corrected chi connectivity index (χ3v) is 5.29. The van der Waals surface area contributed by atoms with Crippen LogP contribution in [0.15, 0.2) is 53.5 Å². The average Bonchev–Trinajstić information content (AvgIpc) is 3.29. The molecule has 1 heterocycles. The van der Waals surface area contributed by atoms with E-state index in [1.807, 2.05) is 36.4 Å². The number of rotatable bonds is 10. The van der Waals surface area contributed by atoms with Crippen molar-refractivity contribution in [1.29, 1.82) is 0 Å². The standard InChI is InChI=1S/C24H34N4O3/c1-4-25-24(26-14-16-31-21-11-9-20(29-2)10-12-21)27-17-19-13-15-28(18-19)22-7-5-6-8-23(22)30-3/h5-12,19H,4,13-18H2,1-3H3,(H2,25,26,27). The summed E-state index contributed by atoms with van der Waals surface area (Å²) in [6.07, 6.45) is 1.13. The maximum absolute atomic E-state index is 5.78. The molecule has 2 N–H and O–H groups in total. The molecule has 3 rings (SSSR count). The van der Waals surface area contributed by atoms with Crippen molar-refractivity contribution in [3.63, 3.8) is 0 Å². The van der Waals surface area contributed by atoms with Crippen molar-refractivity contribution < 1.29 is 14.2 Å². The van der Waals surface area contributed by atoms with Crippen molar-refractivity contribution in [2.45, 2.75) is 13.3 Å². The summed E-state index contributed by atoms with van der Waals surface area (Å²) in [6.45, 7) is 6.94. The Hall–Kier alpha value is -3.09.